The minimum Gasteiger partial charge on any atom is -0.493 e. The standard InChI is InChI=1S/C21H28N4O3/c1-15(13-16-6-7-18(27-2)19(14-16)28-3)21(26)25-11-8-17(9-12-25)23-20-5-4-10-22-24-20/h4-7,10,14-15,17H,8-9,11-13H2,1-3H3,(H,23,24). The number of likely N-dealkylation sites (tertiary alicyclic amines) is 1. The van der Waals surface area contributed by atoms with Gasteiger partial charge in [-0.05, 0) is 49.1 Å². The summed E-state index contributed by atoms with van der Waals surface area (Å²) in [4.78, 5) is 14.8. The molecule has 0 saturated carbocycles. The van der Waals surface area contributed by atoms with Crippen molar-refractivity contribution in [1.29, 1.82) is 0 Å². The van der Waals surface area contributed by atoms with E-state index in [0.29, 0.717) is 24.0 Å². The maximum Gasteiger partial charge on any atom is 0.225 e. The Bertz CT molecular complexity index is 776. The molecule has 1 fully saturated rings. The fourth-order valence-corrected chi connectivity index (χ4v) is 3.59. The van der Waals surface area contributed by atoms with Crippen molar-refractivity contribution in [2.45, 2.75) is 32.2 Å². The van der Waals surface area contributed by atoms with E-state index in [4.69, 9.17) is 9.47 Å². The quantitative estimate of drug-likeness (QED) is 0.791. The molecule has 0 spiro atoms. The number of piperidine rings is 1. The second kappa shape index (κ2) is 9.39. The van der Waals surface area contributed by atoms with E-state index < -0.39 is 0 Å². The van der Waals surface area contributed by atoms with E-state index in [1.807, 2.05) is 42.2 Å². The average molecular weight is 384 g/mol. The van der Waals surface area contributed by atoms with Crippen LogP contribution < -0.4 is 14.8 Å². The molecule has 1 aromatic heterocycles. The maximum atomic E-state index is 12.9. The molecule has 1 unspecified atom stereocenters. The van der Waals surface area contributed by atoms with Gasteiger partial charge < -0.3 is 19.7 Å². The molecule has 2 heterocycles. The molecule has 28 heavy (non-hydrogen) atoms. The summed E-state index contributed by atoms with van der Waals surface area (Å²) in [6.45, 7) is 3.50. The molecule has 1 aromatic carbocycles. The molecule has 1 saturated heterocycles. The molecule has 1 aliphatic rings. The van der Waals surface area contributed by atoms with Crippen LogP contribution in [0.25, 0.3) is 0 Å². The van der Waals surface area contributed by atoms with Gasteiger partial charge in [-0.2, -0.15) is 5.10 Å². The van der Waals surface area contributed by atoms with Crippen molar-refractivity contribution >= 4 is 11.7 Å². The van der Waals surface area contributed by atoms with Gasteiger partial charge in [-0.15, -0.1) is 5.10 Å². The van der Waals surface area contributed by atoms with Crippen molar-refractivity contribution in [2.75, 3.05) is 32.6 Å². The molecule has 1 N–H and O–H groups in total. The van der Waals surface area contributed by atoms with E-state index >= 15 is 0 Å². The number of anilines is 1. The molecule has 0 bridgehead atoms. The minimum atomic E-state index is -0.0809. The second-order valence-corrected chi connectivity index (χ2v) is 7.15. The average Bonchev–Trinajstić information content (AvgIpc) is 2.74. The summed E-state index contributed by atoms with van der Waals surface area (Å²) in [5.74, 6) is 2.29. The third kappa shape index (κ3) is 4.91. The number of nitrogens with zero attached hydrogens (tertiary/aromatic N) is 3. The largest absolute Gasteiger partial charge is 0.493 e. The summed E-state index contributed by atoms with van der Waals surface area (Å²) >= 11 is 0. The third-order valence-electron chi connectivity index (χ3n) is 5.14. The predicted octanol–water partition coefficient (Wildman–Crippen LogP) is 2.78. The number of carbonyl (C=O) groups is 1. The number of ether oxygens (including phenoxy) is 2. The van der Waals surface area contributed by atoms with Crippen molar-refractivity contribution in [3.05, 3.63) is 42.1 Å². The van der Waals surface area contributed by atoms with Crippen molar-refractivity contribution in [1.82, 2.24) is 15.1 Å². The van der Waals surface area contributed by atoms with Crippen molar-refractivity contribution in [3.8, 4) is 11.5 Å². The van der Waals surface area contributed by atoms with Gasteiger partial charge in [0, 0.05) is 31.2 Å². The fraction of sp³-hybridized carbons (Fsp3) is 0.476. The Labute approximate surface area is 166 Å². The Balaban J connectivity index is 1.52. The Morgan fingerprint density at radius 3 is 2.61 bits per heavy atom. The second-order valence-electron chi connectivity index (χ2n) is 7.15. The number of hydrogen-bond acceptors (Lipinski definition) is 6. The number of hydrogen-bond donors (Lipinski definition) is 1. The zero-order valence-electron chi connectivity index (χ0n) is 16.7. The SMILES string of the molecule is COc1ccc(CC(C)C(=O)N2CCC(Nc3cccnn3)CC2)cc1OC. The molecular weight excluding hydrogens is 356 g/mol. The number of methoxy groups -OCH3 is 2. The van der Waals surface area contributed by atoms with Crippen LogP contribution in [0.5, 0.6) is 11.5 Å². The molecule has 1 amide bonds. The lowest BCUT2D eigenvalue weighted by Crippen LogP contribution is -2.44. The van der Waals surface area contributed by atoms with Gasteiger partial charge in [-0.1, -0.05) is 13.0 Å². The number of benzene rings is 1. The van der Waals surface area contributed by atoms with Crippen LogP contribution in [0.15, 0.2) is 36.5 Å². The minimum absolute atomic E-state index is 0.0809. The zero-order valence-corrected chi connectivity index (χ0v) is 16.7. The number of amides is 1. The highest BCUT2D eigenvalue weighted by atomic mass is 16.5. The summed E-state index contributed by atoms with van der Waals surface area (Å²) in [6.07, 6.45) is 4.15. The first-order valence-electron chi connectivity index (χ1n) is 9.64. The molecule has 3 rings (SSSR count). The van der Waals surface area contributed by atoms with Crippen molar-refractivity contribution in [3.63, 3.8) is 0 Å². The normalized spacial score (nSPS) is 15.8. The monoisotopic (exact) mass is 384 g/mol. The van der Waals surface area contributed by atoms with E-state index in [-0.39, 0.29) is 11.8 Å². The Kier molecular flexibility index (Phi) is 6.68. The van der Waals surface area contributed by atoms with Crippen LogP contribution in [0.3, 0.4) is 0 Å². The van der Waals surface area contributed by atoms with Crippen molar-refractivity contribution < 1.29 is 14.3 Å². The fourth-order valence-electron chi connectivity index (χ4n) is 3.59. The van der Waals surface area contributed by atoms with Crippen LogP contribution in [-0.2, 0) is 11.2 Å². The molecule has 1 aliphatic heterocycles. The zero-order chi connectivity index (χ0) is 19.9. The van der Waals surface area contributed by atoms with Gasteiger partial charge >= 0.3 is 0 Å². The highest BCUT2D eigenvalue weighted by molar-refractivity contribution is 5.79. The lowest BCUT2D eigenvalue weighted by molar-refractivity contribution is -0.135. The summed E-state index contributed by atoms with van der Waals surface area (Å²) in [6, 6.07) is 9.91. The van der Waals surface area contributed by atoms with Gasteiger partial charge in [-0.3, -0.25) is 4.79 Å². The van der Waals surface area contributed by atoms with E-state index in [1.165, 1.54) is 0 Å². The third-order valence-corrected chi connectivity index (χ3v) is 5.14. The Morgan fingerprint density at radius 1 is 1.21 bits per heavy atom. The van der Waals surface area contributed by atoms with E-state index in [0.717, 1.165) is 37.3 Å². The van der Waals surface area contributed by atoms with Crippen molar-refractivity contribution in [2.24, 2.45) is 5.92 Å². The highest BCUT2D eigenvalue weighted by Gasteiger charge is 2.26. The van der Waals surface area contributed by atoms with Crippen LogP contribution in [0.1, 0.15) is 25.3 Å². The number of aromatic nitrogens is 2. The summed E-state index contributed by atoms with van der Waals surface area (Å²) in [5.41, 5.74) is 1.07. The van der Waals surface area contributed by atoms with Gasteiger partial charge in [-0.25, -0.2) is 0 Å². The van der Waals surface area contributed by atoms with Gasteiger partial charge in [0.05, 0.1) is 14.2 Å². The van der Waals surface area contributed by atoms with Gasteiger partial charge in [0.1, 0.15) is 5.82 Å². The van der Waals surface area contributed by atoms with E-state index in [1.54, 1.807) is 20.4 Å². The number of rotatable bonds is 7. The van der Waals surface area contributed by atoms with Crippen LogP contribution >= 0.6 is 0 Å². The molecule has 7 nitrogen and oxygen atoms in total. The van der Waals surface area contributed by atoms with Crippen LogP contribution in [0.2, 0.25) is 0 Å². The summed E-state index contributed by atoms with van der Waals surface area (Å²) in [5, 5.41) is 11.3. The summed E-state index contributed by atoms with van der Waals surface area (Å²) in [7, 11) is 3.24. The van der Waals surface area contributed by atoms with Crippen LogP contribution in [0, 0.1) is 5.92 Å². The lowest BCUT2D eigenvalue weighted by atomic mass is 9.97. The van der Waals surface area contributed by atoms with Gasteiger partial charge in [0.15, 0.2) is 11.5 Å². The van der Waals surface area contributed by atoms with E-state index in [9.17, 15) is 4.79 Å². The van der Waals surface area contributed by atoms with Gasteiger partial charge in [0.2, 0.25) is 5.91 Å². The van der Waals surface area contributed by atoms with Gasteiger partial charge in [0.25, 0.3) is 0 Å². The first-order chi connectivity index (χ1) is 13.6. The van der Waals surface area contributed by atoms with Crippen LogP contribution in [0.4, 0.5) is 5.82 Å². The molecule has 1 atom stereocenters. The molecule has 7 heteroatoms. The topological polar surface area (TPSA) is 76.6 Å². The first-order valence-corrected chi connectivity index (χ1v) is 9.64. The summed E-state index contributed by atoms with van der Waals surface area (Å²) < 4.78 is 10.6. The molecular formula is C21H28N4O3. The molecule has 0 aliphatic carbocycles. The Hall–Kier alpha value is -2.83. The molecule has 150 valence electrons. The lowest BCUT2D eigenvalue weighted by Gasteiger charge is -2.34. The maximum absolute atomic E-state index is 12.9. The molecule has 2 aromatic rings. The number of carbonyl (C=O) groups excluding carboxylic acids is 1. The number of nitrogens with one attached hydrogen (secondary N) is 1. The smallest absolute Gasteiger partial charge is 0.225 e. The van der Waals surface area contributed by atoms with Crippen LogP contribution in [-0.4, -0.2) is 54.4 Å². The predicted molar refractivity (Wildman–Crippen MR) is 108 cm³/mol. The van der Waals surface area contributed by atoms with E-state index in [2.05, 4.69) is 15.5 Å². The molecule has 0 radical (unpaired) electrons. The first kappa shape index (κ1) is 19.9. The highest BCUT2D eigenvalue weighted by Crippen LogP contribution is 2.29. The Morgan fingerprint density at radius 2 is 1.96 bits per heavy atom.